The summed E-state index contributed by atoms with van der Waals surface area (Å²) in [6.45, 7) is 0. The zero-order chi connectivity index (χ0) is 17.9. The Morgan fingerprint density at radius 2 is 1.65 bits per heavy atom. The molecule has 2 atom stereocenters. The topological polar surface area (TPSA) is 32.3 Å². The number of hydrogen-bond donors (Lipinski definition) is 1. The third-order valence-electron chi connectivity index (χ3n) is 5.97. The summed E-state index contributed by atoms with van der Waals surface area (Å²) in [5.74, 6) is 0.561. The molecular weight excluding hydrogens is 320 g/mol. The Hall–Kier alpha value is -2.39. The van der Waals surface area contributed by atoms with E-state index in [9.17, 15) is 4.79 Å². The fraction of sp³-hybridized carbons (Fsp3) is 0.348. The smallest absolute Gasteiger partial charge is 0.248 e. The number of nitrogens with zero attached hydrogens (tertiary/aromatic N) is 1. The van der Waals surface area contributed by atoms with Gasteiger partial charge in [0, 0.05) is 23.8 Å². The number of carbonyl (C=O) groups excluding carboxylic acids is 1. The second-order valence-electron chi connectivity index (χ2n) is 7.57. The normalized spacial score (nSPS) is 25.5. The number of amides is 1. The van der Waals surface area contributed by atoms with Crippen LogP contribution in [-0.4, -0.2) is 29.9 Å². The number of piperidine rings is 1. The molecule has 2 unspecified atom stereocenters. The summed E-state index contributed by atoms with van der Waals surface area (Å²) in [5.41, 5.74) is 3.29. The van der Waals surface area contributed by atoms with E-state index in [0.717, 1.165) is 23.3 Å². The van der Waals surface area contributed by atoms with Gasteiger partial charge in [0.05, 0.1) is 0 Å². The van der Waals surface area contributed by atoms with Crippen LogP contribution in [0.1, 0.15) is 42.7 Å². The summed E-state index contributed by atoms with van der Waals surface area (Å²) in [5, 5.41) is 2.95. The van der Waals surface area contributed by atoms with Crippen molar-refractivity contribution in [2.45, 2.75) is 43.7 Å². The van der Waals surface area contributed by atoms with Gasteiger partial charge >= 0.3 is 0 Å². The Bertz CT molecular complexity index is 768. The van der Waals surface area contributed by atoms with E-state index in [-0.39, 0.29) is 5.91 Å². The molecule has 2 aromatic carbocycles. The van der Waals surface area contributed by atoms with E-state index in [1.165, 1.54) is 31.2 Å². The lowest BCUT2D eigenvalue weighted by Crippen LogP contribution is -2.39. The van der Waals surface area contributed by atoms with Gasteiger partial charge in [-0.15, -0.1) is 0 Å². The number of benzene rings is 2. The summed E-state index contributed by atoms with van der Waals surface area (Å²) in [6.07, 6.45) is 8.63. The number of hydrogen-bond acceptors (Lipinski definition) is 2. The molecular formula is C23H26N2O. The molecule has 2 aromatic rings. The molecule has 2 bridgehead atoms. The number of fused-ring (bicyclic) bond motifs is 2. The fourth-order valence-corrected chi connectivity index (χ4v) is 4.44. The molecule has 2 saturated heterocycles. The van der Waals surface area contributed by atoms with E-state index in [0.29, 0.717) is 5.92 Å². The average Bonchev–Trinajstić information content (AvgIpc) is 2.88. The largest absolute Gasteiger partial charge is 0.323 e. The molecule has 0 radical (unpaired) electrons. The highest BCUT2D eigenvalue weighted by Crippen LogP contribution is 2.42. The maximum absolute atomic E-state index is 12.1. The molecule has 2 fully saturated rings. The van der Waals surface area contributed by atoms with Gasteiger partial charge in [0.15, 0.2) is 0 Å². The molecule has 0 saturated carbocycles. The summed E-state index contributed by atoms with van der Waals surface area (Å²) in [7, 11) is 2.28. The molecule has 4 rings (SSSR count). The van der Waals surface area contributed by atoms with Crippen molar-refractivity contribution in [3.8, 4) is 0 Å². The second-order valence-corrected chi connectivity index (χ2v) is 7.57. The van der Waals surface area contributed by atoms with Crippen molar-refractivity contribution in [1.82, 2.24) is 4.90 Å². The van der Waals surface area contributed by atoms with Crippen LogP contribution < -0.4 is 5.32 Å². The first-order valence-electron chi connectivity index (χ1n) is 9.55. The van der Waals surface area contributed by atoms with Crippen LogP contribution in [0.5, 0.6) is 0 Å². The van der Waals surface area contributed by atoms with E-state index in [2.05, 4.69) is 29.4 Å². The number of carbonyl (C=O) groups is 1. The molecule has 0 aliphatic carbocycles. The lowest BCUT2D eigenvalue weighted by Gasteiger charge is -2.36. The van der Waals surface area contributed by atoms with Gasteiger partial charge < -0.3 is 10.2 Å². The van der Waals surface area contributed by atoms with Crippen molar-refractivity contribution in [2.75, 3.05) is 12.4 Å². The van der Waals surface area contributed by atoms with Crippen molar-refractivity contribution in [1.29, 1.82) is 0 Å². The van der Waals surface area contributed by atoms with Crippen LogP contribution in [-0.2, 0) is 4.79 Å². The van der Waals surface area contributed by atoms with E-state index in [4.69, 9.17) is 0 Å². The van der Waals surface area contributed by atoms with Crippen molar-refractivity contribution in [3.63, 3.8) is 0 Å². The summed E-state index contributed by atoms with van der Waals surface area (Å²) >= 11 is 0. The zero-order valence-corrected chi connectivity index (χ0v) is 15.3. The number of nitrogens with one attached hydrogen (secondary N) is 1. The van der Waals surface area contributed by atoms with E-state index in [1.54, 1.807) is 6.08 Å². The van der Waals surface area contributed by atoms with Crippen LogP contribution in [0.3, 0.4) is 0 Å². The first-order valence-corrected chi connectivity index (χ1v) is 9.55. The molecule has 3 nitrogen and oxygen atoms in total. The molecule has 0 aromatic heterocycles. The average molecular weight is 346 g/mol. The van der Waals surface area contributed by atoms with Crippen LogP contribution in [0.4, 0.5) is 5.69 Å². The maximum atomic E-state index is 12.1. The SMILES string of the molecule is CN1C2CCC1CC(c1ccc(NC(=O)/C=C/c3ccccc3)cc1)C2. The molecule has 1 N–H and O–H groups in total. The highest BCUT2D eigenvalue weighted by Gasteiger charge is 2.38. The zero-order valence-electron chi connectivity index (χ0n) is 15.3. The van der Waals surface area contributed by atoms with Gasteiger partial charge in [-0.25, -0.2) is 0 Å². The Morgan fingerprint density at radius 1 is 1.00 bits per heavy atom. The van der Waals surface area contributed by atoms with Crippen molar-refractivity contribution < 1.29 is 4.79 Å². The monoisotopic (exact) mass is 346 g/mol. The lowest BCUT2D eigenvalue weighted by atomic mass is 9.85. The first-order chi connectivity index (χ1) is 12.7. The molecule has 3 heteroatoms. The maximum Gasteiger partial charge on any atom is 0.248 e. The van der Waals surface area contributed by atoms with Gasteiger partial charge in [0.1, 0.15) is 0 Å². The molecule has 134 valence electrons. The molecule has 2 aliphatic heterocycles. The highest BCUT2D eigenvalue weighted by molar-refractivity contribution is 6.01. The standard InChI is InChI=1S/C23H26N2O/c1-25-21-12-13-22(25)16-19(15-21)18-8-10-20(11-9-18)24-23(26)14-7-17-5-3-2-4-6-17/h2-11,14,19,21-22H,12-13,15-16H2,1H3,(H,24,26)/b14-7+. The summed E-state index contributed by atoms with van der Waals surface area (Å²) in [6, 6.07) is 19.8. The number of anilines is 1. The van der Waals surface area contributed by atoms with Gasteiger partial charge in [-0.2, -0.15) is 0 Å². The third-order valence-corrected chi connectivity index (χ3v) is 5.97. The Balaban J connectivity index is 1.36. The van der Waals surface area contributed by atoms with Gasteiger partial charge in [0.25, 0.3) is 0 Å². The summed E-state index contributed by atoms with van der Waals surface area (Å²) in [4.78, 5) is 14.7. The number of rotatable bonds is 4. The van der Waals surface area contributed by atoms with Crippen LogP contribution in [0.2, 0.25) is 0 Å². The third kappa shape index (κ3) is 3.73. The fourth-order valence-electron chi connectivity index (χ4n) is 4.44. The quantitative estimate of drug-likeness (QED) is 0.815. The van der Waals surface area contributed by atoms with Gasteiger partial charge in [0.2, 0.25) is 5.91 Å². The Labute approximate surface area is 155 Å². The van der Waals surface area contributed by atoms with Gasteiger partial charge in [-0.1, -0.05) is 42.5 Å². The molecule has 1 amide bonds. The Morgan fingerprint density at radius 3 is 2.31 bits per heavy atom. The Kier molecular flexibility index (Phi) is 4.89. The minimum atomic E-state index is -0.0982. The molecule has 2 aliphatic rings. The van der Waals surface area contributed by atoms with E-state index < -0.39 is 0 Å². The molecule has 26 heavy (non-hydrogen) atoms. The van der Waals surface area contributed by atoms with Crippen LogP contribution >= 0.6 is 0 Å². The minimum Gasteiger partial charge on any atom is -0.323 e. The van der Waals surface area contributed by atoms with Crippen LogP contribution in [0.15, 0.2) is 60.7 Å². The molecule has 2 heterocycles. The van der Waals surface area contributed by atoms with Crippen molar-refractivity contribution in [3.05, 3.63) is 71.8 Å². The van der Waals surface area contributed by atoms with Crippen LogP contribution in [0.25, 0.3) is 6.08 Å². The van der Waals surface area contributed by atoms with E-state index >= 15 is 0 Å². The van der Waals surface area contributed by atoms with Crippen molar-refractivity contribution >= 4 is 17.7 Å². The van der Waals surface area contributed by atoms with E-state index in [1.807, 2.05) is 48.5 Å². The van der Waals surface area contributed by atoms with Gasteiger partial charge in [-0.05, 0) is 68.0 Å². The minimum absolute atomic E-state index is 0.0982. The second kappa shape index (κ2) is 7.46. The van der Waals surface area contributed by atoms with Gasteiger partial charge in [-0.3, -0.25) is 4.79 Å². The van der Waals surface area contributed by atoms with Crippen LogP contribution in [0, 0.1) is 0 Å². The van der Waals surface area contributed by atoms with Crippen molar-refractivity contribution in [2.24, 2.45) is 0 Å². The lowest BCUT2D eigenvalue weighted by molar-refractivity contribution is -0.111. The molecule has 0 spiro atoms. The summed E-state index contributed by atoms with van der Waals surface area (Å²) < 4.78 is 0. The first kappa shape index (κ1) is 17.0. The predicted octanol–water partition coefficient (Wildman–Crippen LogP) is 4.68. The highest BCUT2D eigenvalue weighted by atomic mass is 16.1. The predicted molar refractivity (Wildman–Crippen MR) is 107 cm³/mol.